The smallest absolute Gasteiger partial charge is 0.241 e. The summed E-state index contributed by atoms with van der Waals surface area (Å²) in [7, 11) is 0. The summed E-state index contributed by atoms with van der Waals surface area (Å²) < 4.78 is 0. The monoisotopic (exact) mass is 581 g/mol. The van der Waals surface area contributed by atoms with Crippen molar-refractivity contribution < 1.29 is 0 Å². The quantitative estimate of drug-likeness (QED) is 0.149. The predicted octanol–water partition coefficient (Wildman–Crippen LogP) is 9.32. The summed E-state index contributed by atoms with van der Waals surface area (Å²) in [6, 6.07) is 49.3. The van der Waals surface area contributed by atoms with Crippen molar-refractivity contribution >= 4 is 55.5 Å². The molecule has 0 aliphatic carbocycles. The van der Waals surface area contributed by atoms with Crippen LogP contribution in [0.4, 0.5) is 0 Å². The van der Waals surface area contributed by atoms with Gasteiger partial charge in [0, 0.05) is 21.7 Å². The zero-order chi connectivity index (χ0) is 31.3. The first-order valence-electron chi connectivity index (χ1n) is 16.1. The van der Waals surface area contributed by atoms with Gasteiger partial charge in [-0.2, -0.15) is 0 Å². The maximum absolute atomic E-state index is 5.40. The standard InChI is InChI=1S/C43H40BN/c1-42(2,3)31-17-21-33(22-18-31)44(34-23-19-32(20-24-34)43(4,5)6)35-25-27-37-39(28-35)45-41(30-13-8-7-9-14-30)38-26-16-29-12-10-11-15-36(29)40(37)38/h7-28H,1-6H3. The molecule has 220 valence electrons. The average Bonchev–Trinajstić information content (AvgIpc) is 3.04. The van der Waals surface area contributed by atoms with Gasteiger partial charge in [0.25, 0.3) is 0 Å². The van der Waals surface area contributed by atoms with Crippen LogP contribution < -0.4 is 16.4 Å². The van der Waals surface area contributed by atoms with Crippen LogP contribution in [0.25, 0.3) is 43.7 Å². The Morgan fingerprint density at radius 3 is 1.60 bits per heavy atom. The fourth-order valence-electron chi connectivity index (χ4n) is 6.72. The van der Waals surface area contributed by atoms with Gasteiger partial charge in [-0.1, -0.05) is 185 Å². The summed E-state index contributed by atoms with van der Waals surface area (Å²) in [6.45, 7) is 13.7. The lowest BCUT2D eigenvalue weighted by atomic mass is 9.36. The minimum absolute atomic E-state index is 0.0858. The fourth-order valence-corrected chi connectivity index (χ4v) is 6.72. The van der Waals surface area contributed by atoms with E-state index in [9.17, 15) is 0 Å². The number of hydrogen-bond donors (Lipinski definition) is 0. The van der Waals surface area contributed by atoms with Gasteiger partial charge in [0.15, 0.2) is 0 Å². The topological polar surface area (TPSA) is 12.9 Å². The van der Waals surface area contributed by atoms with Gasteiger partial charge in [-0.3, -0.25) is 0 Å². The molecule has 0 spiro atoms. The Labute approximate surface area is 268 Å². The molecule has 0 N–H and O–H groups in total. The van der Waals surface area contributed by atoms with E-state index in [1.54, 1.807) is 0 Å². The van der Waals surface area contributed by atoms with Crippen molar-refractivity contribution in [1.82, 2.24) is 4.98 Å². The summed E-state index contributed by atoms with van der Waals surface area (Å²) in [5, 5.41) is 6.15. The lowest BCUT2D eigenvalue weighted by molar-refractivity contribution is 0.590. The molecule has 0 radical (unpaired) electrons. The molecule has 0 amide bonds. The van der Waals surface area contributed by atoms with Crippen LogP contribution in [0.5, 0.6) is 0 Å². The molecule has 1 nitrogen and oxygen atoms in total. The first-order valence-corrected chi connectivity index (χ1v) is 16.1. The molecule has 0 bridgehead atoms. The van der Waals surface area contributed by atoms with Gasteiger partial charge in [-0.25, -0.2) is 4.98 Å². The second-order valence-electron chi connectivity index (χ2n) is 14.5. The second-order valence-corrected chi connectivity index (χ2v) is 14.5. The molecule has 1 heterocycles. The van der Waals surface area contributed by atoms with E-state index in [-0.39, 0.29) is 17.5 Å². The minimum Gasteiger partial charge on any atom is -0.247 e. The van der Waals surface area contributed by atoms with E-state index in [0.29, 0.717) is 0 Å². The number of benzene rings is 6. The Morgan fingerprint density at radius 2 is 1.00 bits per heavy atom. The zero-order valence-corrected chi connectivity index (χ0v) is 27.2. The molecule has 45 heavy (non-hydrogen) atoms. The van der Waals surface area contributed by atoms with E-state index >= 15 is 0 Å². The molecule has 1 aromatic heterocycles. The molecule has 0 atom stereocenters. The van der Waals surface area contributed by atoms with Gasteiger partial charge in [-0.05, 0) is 38.8 Å². The van der Waals surface area contributed by atoms with Crippen molar-refractivity contribution in [3.63, 3.8) is 0 Å². The first kappa shape index (κ1) is 29.0. The largest absolute Gasteiger partial charge is 0.247 e. The van der Waals surface area contributed by atoms with Gasteiger partial charge in [0.05, 0.1) is 11.2 Å². The third-order valence-corrected chi connectivity index (χ3v) is 9.31. The Hall–Kier alpha value is -4.69. The Morgan fingerprint density at radius 1 is 0.467 bits per heavy atom. The molecule has 7 aromatic rings. The molecule has 2 heteroatoms. The summed E-state index contributed by atoms with van der Waals surface area (Å²) in [6.07, 6.45) is 0. The number of aromatic nitrogens is 1. The SMILES string of the molecule is CC(C)(C)c1ccc(B(c2ccc(C(C)(C)C)cc2)c2ccc3c(c2)nc(-c2ccccc2)c2ccc4ccccc4c23)cc1. The number of rotatable bonds is 4. The maximum atomic E-state index is 5.40. The summed E-state index contributed by atoms with van der Waals surface area (Å²) >= 11 is 0. The molecular weight excluding hydrogens is 541 g/mol. The molecule has 0 fully saturated rings. The Balaban J connectivity index is 1.48. The Bertz CT molecular complexity index is 2090. The minimum atomic E-state index is 0.0858. The molecule has 0 aliphatic rings. The normalized spacial score (nSPS) is 12.2. The zero-order valence-electron chi connectivity index (χ0n) is 27.2. The van der Waals surface area contributed by atoms with E-state index < -0.39 is 0 Å². The van der Waals surface area contributed by atoms with Crippen LogP contribution in [0.2, 0.25) is 0 Å². The third-order valence-electron chi connectivity index (χ3n) is 9.31. The molecular formula is C43H40BN. The highest BCUT2D eigenvalue weighted by atomic mass is 14.7. The third kappa shape index (κ3) is 5.44. The van der Waals surface area contributed by atoms with Crippen molar-refractivity contribution in [1.29, 1.82) is 0 Å². The lowest BCUT2D eigenvalue weighted by Gasteiger charge is -2.23. The Kier molecular flexibility index (Phi) is 7.12. The fraction of sp³-hybridized carbons (Fsp3) is 0.186. The lowest BCUT2D eigenvalue weighted by Crippen LogP contribution is -2.52. The van der Waals surface area contributed by atoms with Crippen molar-refractivity contribution in [3.8, 4) is 11.3 Å². The van der Waals surface area contributed by atoms with Gasteiger partial charge in [-0.15, -0.1) is 0 Å². The molecule has 0 unspecified atom stereocenters. The molecule has 0 saturated carbocycles. The van der Waals surface area contributed by atoms with E-state index in [4.69, 9.17) is 4.98 Å². The highest BCUT2D eigenvalue weighted by Gasteiger charge is 2.25. The van der Waals surface area contributed by atoms with Crippen LogP contribution in [0.1, 0.15) is 52.7 Å². The van der Waals surface area contributed by atoms with Crippen LogP contribution in [0.15, 0.2) is 133 Å². The van der Waals surface area contributed by atoms with Crippen molar-refractivity contribution in [3.05, 3.63) is 145 Å². The number of hydrogen-bond acceptors (Lipinski definition) is 1. The van der Waals surface area contributed by atoms with Crippen LogP contribution in [0.3, 0.4) is 0 Å². The van der Waals surface area contributed by atoms with Crippen LogP contribution in [-0.2, 0) is 10.8 Å². The summed E-state index contributed by atoms with van der Waals surface area (Å²) in [4.78, 5) is 5.40. The van der Waals surface area contributed by atoms with Gasteiger partial charge in [0.2, 0.25) is 6.71 Å². The molecule has 7 rings (SSSR count). The summed E-state index contributed by atoms with van der Waals surface area (Å²) in [5.41, 5.74) is 9.93. The predicted molar refractivity (Wildman–Crippen MR) is 197 cm³/mol. The highest BCUT2D eigenvalue weighted by Crippen LogP contribution is 2.36. The van der Waals surface area contributed by atoms with E-state index in [2.05, 4.69) is 175 Å². The van der Waals surface area contributed by atoms with Crippen LogP contribution in [0, 0.1) is 0 Å². The number of pyridine rings is 1. The van der Waals surface area contributed by atoms with Gasteiger partial charge in [0.1, 0.15) is 0 Å². The van der Waals surface area contributed by atoms with Crippen molar-refractivity contribution in [2.45, 2.75) is 52.4 Å². The van der Waals surface area contributed by atoms with Crippen molar-refractivity contribution in [2.75, 3.05) is 0 Å². The first-order chi connectivity index (χ1) is 21.6. The van der Waals surface area contributed by atoms with E-state index in [1.165, 1.54) is 54.4 Å². The van der Waals surface area contributed by atoms with Gasteiger partial charge < -0.3 is 0 Å². The highest BCUT2D eigenvalue weighted by molar-refractivity contribution is 6.95. The van der Waals surface area contributed by atoms with Crippen molar-refractivity contribution in [2.24, 2.45) is 0 Å². The molecule has 0 saturated heterocycles. The maximum Gasteiger partial charge on any atom is 0.241 e. The molecule has 0 aliphatic heterocycles. The number of fused-ring (bicyclic) bond motifs is 5. The number of nitrogens with zero attached hydrogens (tertiary/aromatic N) is 1. The van der Waals surface area contributed by atoms with Crippen LogP contribution >= 0.6 is 0 Å². The average molecular weight is 582 g/mol. The second kappa shape index (κ2) is 11.0. The van der Waals surface area contributed by atoms with E-state index in [1.807, 2.05) is 0 Å². The van der Waals surface area contributed by atoms with Gasteiger partial charge >= 0.3 is 0 Å². The molecule has 6 aromatic carbocycles. The summed E-state index contributed by atoms with van der Waals surface area (Å²) in [5.74, 6) is 0. The van der Waals surface area contributed by atoms with Crippen LogP contribution in [-0.4, -0.2) is 11.7 Å². The van der Waals surface area contributed by atoms with E-state index in [0.717, 1.165) is 16.8 Å².